The fraction of sp³-hybridized carbons (Fsp3) is 0.250. The molecule has 0 aliphatic heterocycles. The van der Waals surface area contributed by atoms with Crippen LogP contribution in [0.25, 0.3) is 0 Å². The number of nitrogens with two attached hydrogens (primary N) is 1. The molecule has 0 saturated carbocycles. The first-order valence-corrected chi connectivity index (χ1v) is 6.92. The van der Waals surface area contributed by atoms with Gasteiger partial charge < -0.3 is 15.8 Å². The second-order valence-corrected chi connectivity index (χ2v) is 4.57. The zero-order chi connectivity index (χ0) is 15.1. The standard InChI is InChI=1S/C16H19N3O2.ClH/c1-2-8-21-15-5-3-4-13(10-15)19-16(20)12-6-7-18-14(9-12)11-17;/h3-7,9-10H,2,8,11,17H2,1H3,(H,19,20);1H. The number of nitrogens with one attached hydrogen (secondary N) is 1. The van der Waals surface area contributed by atoms with Gasteiger partial charge in [-0.2, -0.15) is 0 Å². The number of aromatic nitrogens is 1. The predicted octanol–water partition coefficient (Wildman–Crippen LogP) is 3.00. The minimum atomic E-state index is -0.195. The van der Waals surface area contributed by atoms with Crippen LogP contribution in [0, 0.1) is 0 Å². The largest absolute Gasteiger partial charge is 0.494 e. The quantitative estimate of drug-likeness (QED) is 0.857. The lowest BCUT2D eigenvalue weighted by atomic mass is 10.2. The third-order valence-electron chi connectivity index (χ3n) is 2.85. The third kappa shape index (κ3) is 5.02. The maximum atomic E-state index is 12.2. The molecule has 1 amide bonds. The maximum absolute atomic E-state index is 12.2. The number of anilines is 1. The van der Waals surface area contributed by atoms with Crippen molar-refractivity contribution in [3.8, 4) is 5.75 Å². The topological polar surface area (TPSA) is 77.2 Å². The van der Waals surface area contributed by atoms with Gasteiger partial charge in [0.2, 0.25) is 0 Å². The minimum Gasteiger partial charge on any atom is -0.494 e. The molecule has 0 saturated heterocycles. The van der Waals surface area contributed by atoms with Crippen LogP contribution in [0.3, 0.4) is 0 Å². The summed E-state index contributed by atoms with van der Waals surface area (Å²) in [5.41, 5.74) is 7.44. The Morgan fingerprint density at radius 2 is 2.14 bits per heavy atom. The average molecular weight is 322 g/mol. The van der Waals surface area contributed by atoms with Gasteiger partial charge in [0.25, 0.3) is 5.91 Å². The summed E-state index contributed by atoms with van der Waals surface area (Å²) in [4.78, 5) is 16.3. The van der Waals surface area contributed by atoms with Crippen LogP contribution in [-0.2, 0) is 6.54 Å². The van der Waals surface area contributed by atoms with E-state index in [-0.39, 0.29) is 18.3 Å². The molecule has 118 valence electrons. The van der Waals surface area contributed by atoms with Crippen molar-refractivity contribution in [2.75, 3.05) is 11.9 Å². The van der Waals surface area contributed by atoms with E-state index in [1.54, 1.807) is 24.4 Å². The van der Waals surface area contributed by atoms with Gasteiger partial charge in [-0.3, -0.25) is 9.78 Å². The molecule has 1 aromatic heterocycles. The lowest BCUT2D eigenvalue weighted by Gasteiger charge is -2.09. The lowest BCUT2D eigenvalue weighted by Crippen LogP contribution is -2.13. The summed E-state index contributed by atoms with van der Waals surface area (Å²) in [6.45, 7) is 3.01. The van der Waals surface area contributed by atoms with Crippen LogP contribution in [0.2, 0.25) is 0 Å². The Hall–Kier alpha value is -2.11. The van der Waals surface area contributed by atoms with Gasteiger partial charge in [0.05, 0.1) is 12.3 Å². The highest BCUT2D eigenvalue weighted by atomic mass is 35.5. The van der Waals surface area contributed by atoms with E-state index in [0.717, 1.165) is 12.2 Å². The monoisotopic (exact) mass is 321 g/mol. The van der Waals surface area contributed by atoms with Crippen LogP contribution in [0.5, 0.6) is 5.75 Å². The van der Waals surface area contributed by atoms with E-state index in [0.29, 0.717) is 30.1 Å². The number of hydrogen-bond acceptors (Lipinski definition) is 4. The van der Waals surface area contributed by atoms with Crippen molar-refractivity contribution in [1.82, 2.24) is 4.98 Å². The molecule has 0 aliphatic rings. The van der Waals surface area contributed by atoms with Crippen molar-refractivity contribution in [1.29, 1.82) is 0 Å². The molecule has 0 bridgehead atoms. The summed E-state index contributed by atoms with van der Waals surface area (Å²) >= 11 is 0. The number of benzene rings is 1. The lowest BCUT2D eigenvalue weighted by molar-refractivity contribution is 0.102. The first-order chi connectivity index (χ1) is 10.2. The third-order valence-corrected chi connectivity index (χ3v) is 2.85. The molecule has 1 aromatic carbocycles. The second kappa shape index (κ2) is 9.02. The van der Waals surface area contributed by atoms with Crippen molar-refractivity contribution in [3.05, 3.63) is 53.9 Å². The highest BCUT2D eigenvalue weighted by Gasteiger charge is 2.07. The SMILES string of the molecule is CCCOc1cccc(NC(=O)c2ccnc(CN)c2)c1.Cl. The van der Waals surface area contributed by atoms with Crippen LogP contribution < -0.4 is 15.8 Å². The maximum Gasteiger partial charge on any atom is 0.255 e. The fourth-order valence-corrected chi connectivity index (χ4v) is 1.82. The van der Waals surface area contributed by atoms with Crippen molar-refractivity contribution in [2.24, 2.45) is 5.73 Å². The number of hydrogen-bond donors (Lipinski definition) is 2. The van der Waals surface area contributed by atoms with Crippen LogP contribution in [-0.4, -0.2) is 17.5 Å². The number of halogens is 1. The molecule has 0 radical (unpaired) electrons. The minimum absolute atomic E-state index is 0. The number of amides is 1. The van der Waals surface area contributed by atoms with Gasteiger partial charge >= 0.3 is 0 Å². The van der Waals surface area contributed by atoms with Gasteiger partial charge in [-0.25, -0.2) is 0 Å². The smallest absolute Gasteiger partial charge is 0.255 e. The Balaban J connectivity index is 0.00000242. The fourth-order valence-electron chi connectivity index (χ4n) is 1.82. The van der Waals surface area contributed by atoms with Gasteiger partial charge in [-0.05, 0) is 30.7 Å². The van der Waals surface area contributed by atoms with Crippen molar-refractivity contribution in [2.45, 2.75) is 19.9 Å². The summed E-state index contributed by atoms with van der Waals surface area (Å²) in [7, 11) is 0. The predicted molar refractivity (Wildman–Crippen MR) is 89.6 cm³/mol. The van der Waals surface area contributed by atoms with Gasteiger partial charge in [0.1, 0.15) is 5.75 Å². The molecule has 0 aliphatic carbocycles. The van der Waals surface area contributed by atoms with Crippen molar-refractivity contribution < 1.29 is 9.53 Å². The first-order valence-electron chi connectivity index (χ1n) is 6.92. The van der Waals surface area contributed by atoms with Gasteiger partial charge in [-0.1, -0.05) is 13.0 Å². The molecule has 3 N–H and O–H groups in total. The zero-order valence-electron chi connectivity index (χ0n) is 12.4. The Labute approximate surface area is 136 Å². The van der Waals surface area contributed by atoms with E-state index in [1.807, 2.05) is 25.1 Å². The van der Waals surface area contributed by atoms with E-state index in [1.165, 1.54) is 0 Å². The highest BCUT2D eigenvalue weighted by molar-refractivity contribution is 6.04. The summed E-state index contributed by atoms with van der Waals surface area (Å²) in [5.74, 6) is 0.548. The number of ether oxygens (including phenoxy) is 1. The Bertz CT molecular complexity index is 620. The molecular weight excluding hydrogens is 302 g/mol. The normalized spacial score (nSPS) is 9.73. The first kappa shape index (κ1) is 17.9. The van der Waals surface area contributed by atoms with Crippen molar-refractivity contribution >= 4 is 24.0 Å². The molecule has 5 nitrogen and oxygen atoms in total. The van der Waals surface area contributed by atoms with Crippen LogP contribution in [0.1, 0.15) is 29.4 Å². The number of nitrogens with zero attached hydrogens (tertiary/aromatic N) is 1. The molecular formula is C16H20ClN3O2. The van der Waals surface area contributed by atoms with Gasteiger partial charge in [0.15, 0.2) is 0 Å². The van der Waals surface area contributed by atoms with Crippen LogP contribution in [0.4, 0.5) is 5.69 Å². The average Bonchev–Trinajstić information content (AvgIpc) is 2.53. The van der Waals surface area contributed by atoms with Crippen LogP contribution >= 0.6 is 12.4 Å². The number of carbonyl (C=O) groups is 1. The molecule has 22 heavy (non-hydrogen) atoms. The Morgan fingerprint density at radius 3 is 2.86 bits per heavy atom. The molecule has 1 heterocycles. The summed E-state index contributed by atoms with van der Waals surface area (Å²) in [6.07, 6.45) is 2.52. The van der Waals surface area contributed by atoms with Crippen LogP contribution in [0.15, 0.2) is 42.6 Å². The molecule has 2 rings (SSSR count). The highest BCUT2D eigenvalue weighted by Crippen LogP contribution is 2.18. The van der Waals surface area contributed by atoms with E-state index in [2.05, 4.69) is 10.3 Å². The van der Waals surface area contributed by atoms with E-state index in [4.69, 9.17) is 10.5 Å². The second-order valence-electron chi connectivity index (χ2n) is 4.57. The summed E-state index contributed by atoms with van der Waals surface area (Å²) in [6, 6.07) is 10.7. The summed E-state index contributed by atoms with van der Waals surface area (Å²) < 4.78 is 5.54. The molecule has 0 fully saturated rings. The zero-order valence-corrected chi connectivity index (χ0v) is 13.2. The molecule has 0 unspecified atom stereocenters. The number of pyridine rings is 1. The summed E-state index contributed by atoms with van der Waals surface area (Å²) in [5, 5.41) is 2.84. The molecule has 0 atom stereocenters. The van der Waals surface area contributed by atoms with E-state index in [9.17, 15) is 4.79 Å². The Kier molecular flexibility index (Phi) is 7.36. The van der Waals surface area contributed by atoms with E-state index < -0.39 is 0 Å². The number of carbonyl (C=O) groups excluding carboxylic acids is 1. The Morgan fingerprint density at radius 1 is 1.32 bits per heavy atom. The molecule has 2 aromatic rings. The number of rotatable bonds is 6. The van der Waals surface area contributed by atoms with Gasteiger partial charge in [0, 0.05) is 30.1 Å². The van der Waals surface area contributed by atoms with E-state index >= 15 is 0 Å². The molecule has 0 spiro atoms. The molecule has 6 heteroatoms. The van der Waals surface area contributed by atoms with Crippen molar-refractivity contribution in [3.63, 3.8) is 0 Å². The van der Waals surface area contributed by atoms with Gasteiger partial charge in [-0.15, -0.1) is 12.4 Å².